The second-order valence-corrected chi connectivity index (χ2v) is 12.4. The number of fused-ring (bicyclic) bond motifs is 4. The van der Waals surface area contributed by atoms with Crippen molar-refractivity contribution in [2.45, 2.75) is 47.7 Å². The van der Waals surface area contributed by atoms with Crippen LogP contribution in [0.15, 0.2) is 52.9 Å². The lowest BCUT2D eigenvalue weighted by atomic mass is 9.73. The lowest BCUT2D eigenvalue weighted by Gasteiger charge is -2.42. The van der Waals surface area contributed by atoms with E-state index < -0.39 is 0 Å². The van der Waals surface area contributed by atoms with E-state index >= 15 is 0 Å². The first-order valence-electron chi connectivity index (χ1n) is 14.0. The van der Waals surface area contributed by atoms with Gasteiger partial charge >= 0.3 is 0 Å². The monoisotopic (exact) mass is 561 g/mol. The molecule has 4 aliphatic rings. The Morgan fingerprint density at radius 2 is 2.02 bits per heavy atom. The summed E-state index contributed by atoms with van der Waals surface area (Å²) in [5.41, 5.74) is 9.21. The SMILES string of the molecule is COCOC[C@@H]1C[C@H]2COc3c(Sc4cnc(N5CCC6(CC5)Cc5ncccc5[C@H]6N)cn4)ccnc3N2C1. The third-order valence-corrected chi connectivity index (χ3v) is 9.91. The molecule has 0 amide bonds. The van der Waals surface area contributed by atoms with Crippen molar-refractivity contribution in [2.24, 2.45) is 17.1 Å². The Balaban J connectivity index is 0.994. The van der Waals surface area contributed by atoms with Crippen molar-refractivity contribution < 1.29 is 14.2 Å². The predicted octanol–water partition coefficient (Wildman–Crippen LogP) is 3.47. The van der Waals surface area contributed by atoms with Crippen molar-refractivity contribution >= 4 is 23.4 Å². The zero-order valence-electron chi connectivity index (χ0n) is 22.7. The molecule has 40 heavy (non-hydrogen) atoms. The fourth-order valence-corrected chi connectivity index (χ4v) is 7.64. The Morgan fingerprint density at radius 1 is 1.12 bits per heavy atom. The van der Waals surface area contributed by atoms with Gasteiger partial charge in [0.25, 0.3) is 0 Å². The average molecular weight is 562 g/mol. The molecule has 3 aromatic heterocycles. The van der Waals surface area contributed by atoms with Gasteiger partial charge in [0, 0.05) is 56.8 Å². The van der Waals surface area contributed by atoms with Gasteiger partial charge in [-0.15, -0.1) is 0 Å². The lowest BCUT2D eigenvalue weighted by molar-refractivity contribution is -0.0414. The first-order chi connectivity index (χ1) is 19.6. The number of anilines is 2. The number of hydrogen-bond donors (Lipinski definition) is 1. The van der Waals surface area contributed by atoms with Gasteiger partial charge in [0.2, 0.25) is 0 Å². The second kappa shape index (κ2) is 10.8. The van der Waals surface area contributed by atoms with Crippen molar-refractivity contribution in [3.63, 3.8) is 0 Å². The first-order valence-corrected chi connectivity index (χ1v) is 14.8. The number of piperidine rings is 1. The molecule has 10 nitrogen and oxygen atoms in total. The molecule has 0 bridgehead atoms. The molecule has 0 aromatic carbocycles. The fourth-order valence-electron chi connectivity index (χ4n) is 6.83. The summed E-state index contributed by atoms with van der Waals surface area (Å²) in [7, 11) is 1.65. The van der Waals surface area contributed by atoms with E-state index in [0.29, 0.717) is 32.0 Å². The first kappa shape index (κ1) is 25.9. The number of nitrogens with zero attached hydrogens (tertiary/aromatic N) is 6. The maximum Gasteiger partial charge on any atom is 0.175 e. The number of rotatable bonds is 7. The van der Waals surface area contributed by atoms with E-state index in [4.69, 9.17) is 29.9 Å². The maximum absolute atomic E-state index is 6.72. The number of hydrogen-bond acceptors (Lipinski definition) is 11. The van der Waals surface area contributed by atoms with Crippen LogP contribution in [0.4, 0.5) is 11.6 Å². The molecule has 0 unspecified atom stereocenters. The van der Waals surface area contributed by atoms with Crippen LogP contribution in [0.5, 0.6) is 5.75 Å². The van der Waals surface area contributed by atoms with Crippen molar-refractivity contribution in [1.29, 1.82) is 0 Å². The summed E-state index contributed by atoms with van der Waals surface area (Å²) in [4.78, 5) is 24.5. The molecule has 7 rings (SSSR count). The van der Waals surface area contributed by atoms with E-state index in [2.05, 4.69) is 25.8 Å². The summed E-state index contributed by atoms with van der Waals surface area (Å²) in [5.74, 6) is 3.09. The van der Waals surface area contributed by atoms with E-state index in [1.165, 1.54) is 11.3 Å². The molecule has 11 heteroatoms. The highest BCUT2D eigenvalue weighted by Gasteiger charge is 2.46. The largest absolute Gasteiger partial charge is 0.486 e. The number of pyridine rings is 2. The molecule has 2 saturated heterocycles. The minimum absolute atomic E-state index is 0.0578. The zero-order chi connectivity index (χ0) is 27.1. The smallest absolute Gasteiger partial charge is 0.175 e. The Hall–Kier alpha value is -2.99. The third kappa shape index (κ3) is 4.68. The Labute approximate surface area is 238 Å². The van der Waals surface area contributed by atoms with E-state index in [0.717, 1.165) is 72.6 Å². The van der Waals surface area contributed by atoms with Crippen LogP contribution in [0.1, 0.15) is 36.6 Å². The molecular formula is C29H35N7O3S. The van der Waals surface area contributed by atoms with Gasteiger partial charge in [0.15, 0.2) is 11.6 Å². The predicted molar refractivity (Wildman–Crippen MR) is 152 cm³/mol. The molecule has 1 spiro atoms. The molecule has 6 heterocycles. The van der Waals surface area contributed by atoms with Crippen molar-refractivity contribution in [2.75, 3.05) is 56.6 Å². The summed E-state index contributed by atoms with van der Waals surface area (Å²) in [6.45, 7) is 4.41. The zero-order valence-corrected chi connectivity index (χ0v) is 23.6. The highest BCUT2D eigenvalue weighted by atomic mass is 32.2. The van der Waals surface area contributed by atoms with Crippen LogP contribution >= 0.6 is 11.8 Å². The summed E-state index contributed by atoms with van der Waals surface area (Å²) in [6, 6.07) is 6.51. The van der Waals surface area contributed by atoms with Crippen LogP contribution < -0.4 is 20.3 Å². The van der Waals surface area contributed by atoms with Gasteiger partial charge in [-0.05, 0) is 48.8 Å². The minimum atomic E-state index is 0.0578. The van der Waals surface area contributed by atoms with Gasteiger partial charge in [-0.2, -0.15) is 0 Å². The molecular weight excluding hydrogens is 526 g/mol. The van der Waals surface area contributed by atoms with Gasteiger partial charge in [-0.25, -0.2) is 15.0 Å². The summed E-state index contributed by atoms with van der Waals surface area (Å²) >= 11 is 1.57. The molecule has 2 fully saturated rings. The molecule has 1 aliphatic carbocycles. The van der Waals surface area contributed by atoms with Crippen LogP contribution in [0.25, 0.3) is 0 Å². The Kier molecular flexibility index (Phi) is 6.99. The molecule has 3 aliphatic heterocycles. The normalized spacial score (nSPS) is 24.5. The van der Waals surface area contributed by atoms with Crippen LogP contribution in [0.3, 0.4) is 0 Å². The van der Waals surface area contributed by atoms with Crippen LogP contribution in [-0.4, -0.2) is 72.7 Å². The number of nitrogens with two attached hydrogens (primary N) is 1. The third-order valence-electron chi connectivity index (χ3n) is 8.95. The topological polar surface area (TPSA) is 112 Å². The lowest BCUT2D eigenvalue weighted by Crippen LogP contribution is -2.44. The van der Waals surface area contributed by atoms with Gasteiger partial charge in [0.05, 0.1) is 29.9 Å². The number of aromatic nitrogens is 4. The quantitative estimate of drug-likeness (QED) is 0.338. The second-order valence-electron chi connectivity index (χ2n) is 11.3. The van der Waals surface area contributed by atoms with E-state index in [-0.39, 0.29) is 11.5 Å². The Morgan fingerprint density at radius 3 is 2.83 bits per heavy atom. The summed E-state index contributed by atoms with van der Waals surface area (Å²) in [5, 5.41) is 0.836. The molecule has 210 valence electrons. The van der Waals surface area contributed by atoms with Gasteiger partial charge in [-0.1, -0.05) is 17.8 Å². The maximum atomic E-state index is 6.72. The van der Waals surface area contributed by atoms with Crippen molar-refractivity contribution in [1.82, 2.24) is 19.9 Å². The van der Waals surface area contributed by atoms with E-state index in [9.17, 15) is 0 Å². The molecule has 2 N–H and O–H groups in total. The van der Waals surface area contributed by atoms with Crippen molar-refractivity contribution in [3.05, 3.63) is 54.2 Å². The van der Waals surface area contributed by atoms with Crippen LogP contribution in [0, 0.1) is 11.3 Å². The number of ether oxygens (including phenoxy) is 3. The van der Waals surface area contributed by atoms with Gasteiger partial charge < -0.3 is 29.7 Å². The highest BCUT2D eigenvalue weighted by molar-refractivity contribution is 7.99. The number of methoxy groups -OCH3 is 1. The summed E-state index contributed by atoms with van der Waals surface area (Å²) in [6.07, 6.45) is 11.5. The summed E-state index contributed by atoms with van der Waals surface area (Å²) < 4.78 is 16.9. The molecule has 3 aromatic rings. The van der Waals surface area contributed by atoms with Gasteiger partial charge in [0.1, 0.15) is 24.2 Å². The fraction of sp³-hybridized carbons (Fsp3) is 0.517. The molecule has 0 saturated carbocycles. The van der Waals surface area contributed by atoms with Crippen LogP contribution in [-0.2, 0) is 15.9 Å². The van der Waals surface area contributed by atoms with Crippen molar-refractivity contribution in [3.8, 4) is 5.75 Å². The van der Waals surface area contributed by atoms with Crippen LogP contribution in [0.2, 0.25) is 0 Å². The standard InChI is InChI=1S/C29H35N7O3S/c1-37-18-38-16-19-11-20-17-39-26-23(4-8-32-28(26)36(20)15-19)40-25-14-33-24(13-34-25)35-9-5-29(6-10-35)12-22-21(27(29)30)3-2-7-31-22/h2-4,7-8,13-14,19-20,27H,5-6,9-12,15-18,30H2,1H3/t19-,20+,27-/m1/s1. The Bertz CT molecular complexity index is 1350. The van der Waals surface area contributed by atoms with E-state index in [1.807, 2.05) is 36.9 Å². The minimum Gasteiger partial charge on any atom is -0.486 e. The average Bonchev–Trinajstić information content (AvgIpc) is 3.53. The van der Waals surface area contributed by atoms with E-state index in [1.54, 1.807) is 18.9 Å². The highest BCUT2D eigenvalue weighted by Crippen LogP contribution is 2.50. The molecule has 3 atom stereocenters. The molecule has 0 radical (unpaired) electrons. The van der Waals surface area contributed by atoms with Gasteiger partial charge in [-0.3, -0.25) is 4.98 Å².